The van der Waals surface area contributed by atoms with Crippen LogP contribution in [0.3, 0.4) is 0 Å². The number of nitrogens with one attached hydrogen (secondary N) is 1. The molecule has 29 heavy (non-hydrogen) atoms. The highest BCUT2D eigenvalue weighted by molar-refractivity contribution is 5.97. The Morgan fingerprint density at radius 3 is 2.62 bits per heavy atom. The van der Waals surface area contributed by atoms with Crippen molar-refractivity contribution in [3.8, 4) is 0 Å². The Morgan fingerprint density at radius 1 is 1.07 bits per heavy atom. The van der Waals surface area contributed by atoms with Gasteiger partial charge in [-0.25, -0.2) is 4.39 Å². The third-order valence-corrected chi connectivity index (χ3v) is 5.08. The normalized spacial score (nSPS) is 16.0. The number of hydrogen-bond acceptors (Lipinski definition) is 2. The minimum absolute atomic E-state index is 0.0967. The average Bonchev–Trinajstić information content (AvgIpc) is 2.84. The van der Waals surface area contributed by atoms with Crippen molar-refractivity contribution in [2.75, 3.05) is 11.9 Å². The molecule has 4 rings (SSSR count). The van der Waals surface area contributed by atoms with Gasteiger partial charge in [-0.3, -0.25) is 9.59 Å². The van der Waals surface area contributed by atoms with E-state index in [4.69, 9.17) is 0 Å². The molecule has 1 N–H and O–H groups in total. The summed E-state index contributed by atoms with van der Waals surface area (Å²) in [6, 6.07) is 20.8. The van der Waals surface area contributed by atoms with Gasteiger partial charge in [0.05, 0.1) is 12.5 Å². The highest BCUT2D eigenvalue weighted by atomic mass is 19.1. The molecule has 1 atom stereocenters. The number of benzene rings is 3. The van der Waals surface area contributed by atoms with Gasteiger partial charge in [0.1, 0.15) is 12.4 Å². The maximum atomic E-state index is 14.1. The van der Waals surface area contributed by atoms with Gasteiger partial charge < -0.3 is 10.2 Å². The third kappa shape index (κ3) is 4.04. The first-order chi connectivity index (χ1) is 14.0. The highest BCUT2D eigenvalue weighted by Gasteiger charge is 2.33. The molecule has 0 unspecified atom stereocenters. The molecule has 146 valence electrons. The number of carbonyl (C=O) groups excluding carboxylic acids is 2. The van der Waals surface area contributed by atoms with Crippen LogP contribution in [0.1, 0.15) is 28.3 Å². The Bertz CT molecular complexity index is 1070. The van der Waals surface area contributed by atoms with Crippen molar-refractivity contribution in [3.63, 3.8) is 0 Å². The van der Waals surface area contributed by atoms with E-state index < -0.39 is 11.9 Å². The molecule has 0 radical (unpaired) electrons. The third-order valence-electron chi connectivity index (χ3n) is 5.08. The molecule has 1 aliphatic rings. The van der Waals surface area contributed by atoms with E-state index >= 15 is 0 Å². The molecule has 0 bridgehead atoms. The van der Waals surface area contributed by atoms with Crippen LogP contribution >= 0.6 is 0 Å². The number of carbonyl (C=O) groups is 2. The number of nitrogens with zero attached hydrogens (tertiary/aromatic N) is 1. The van der Waals surface area contributed by atoms with E-state index in [9.17, 15) is 14.0 Å². The van der Waals surface area contributed by atoms with Gasteiger partial charge in [0.2, 0.25) is 11.8 Å². The van der Waals surface area contributed by atoms with Gasteiger partial charge in [-0.1, -0.05) is 60.2 Å². The second-order valence-electron chi connectivity index (χ2n) is 7.28. The summed E-state index contributed by atoms with van der Waals surface area (Å²) >= 11 is 0. The molecule has 0 aliphatic carbocycles. The first-order valence-electron chi connectivity index (χ1n) is 9.50. The molecule has 0 fully saturated rings. The van der Waals surface area contributed by atoms with Crippen molar-refractivity contribution in [3.05, 3.63) is 101 Å². The SMILES string of the molecule is Cc1cccc(CC(=O)N2CC(=O)Nc3ccc(F)cc3[C@H]2c2ccccc2)c1. The van der Waals surface area contributed by atoms with E-state index in [-0.39, 0.29) is 24.8 Å². The van der Waals surface area contributed by atoms with Crippen LogP contribution in [0.2, 0.25) is 0 Å². The lowest BCUT2D eigenvalue weighted by Crippen LogP contribution is -2.39. The molecule has 0 aromatic heterocycles. The lowest BCUT2D eigenvalue weighted by atomic mass is 9.95. The summed E-state index contributed by atoms with van der Waals surface area (Å²) in [4.78, 5) is 27.4. The van der Waals surface area contributed by atoms with E-state index in [2.05, 4.69) is 5.32 Å². The summed E-state index contributed by atoms with van der Waals surface area (Å²) in [7, 11) is 0. The van der Waals surface area contributed by atoms with Gasteiger partial charge in [-0.15, -0.1) is 0 Å². The van der Waals surface area contributed by atoms with Crippen molar-refractivity contribution in [1.82, 2.24) is 4.90 Å². The Labute approximate surface area is 169 Å². The summed E-state index contributed by atoms with van der Waals surface area (Å²) in [6.07, 6.45) is 0.170. The monoisotopic (exact) mass is 388 g/mol. The molecule has 3 aromatic carbocycles. The lowest BCUT2D eigenvalue weighted by Gasteiger charge is -2.30. The van der Waals surface area contributed by atoms with Crippen LogP contribution in [0, 0.1) is 12.7 Å². The fourth-order valence-electron chi connectivity index (χ4n) is 3.80. The van der Waals surface area contributed by atoms with E-state index in [1.807, 2.05) is 61.5 Å². The fourth-order valence-corrected chi connectivity index (χ4v) is 3.80. The van der Waals surface area contributed by atoms with Crippen LogP contribution < -0.4 is 5.32 Å². The smallest absolute Gasteiger partial charge is 0.244 e. The Kier molecular flexibility index (Phi) is 5.12. The van der Waals surface area contributed by atoms with Crippen LogP contribution in [-0.4, -0.2) is 23.3 Å². The largest absolute Gasteiger partial charge is 0.324 e. The molecule has 5 heteroatoms. The second kappa shape index (κ2) is 7.87. The standard InChI is InChI=1S/C24H21FN2O2/c1-16-6-5-7-17(12-16)13-23(29)27-15-22(28)26-21-11-10-19(25)14-20(21)24(27)18-8-3-2-4-9-18/h2-12,14,24H,13,15H2,1H3,(H,26,28)/t24-/m1/s1. The molecule has 0 spiro atoms. The number of amides is 2. The number of hydrogen-bond donors (Lipinski definition) is 1. The molecule has 0 saturated heterocycles. The van der Waals surface area contributed by atoms with E-state index in [0.29, 0.717) is 11.3 Å². The van der Waals surface area contributed by atoms with Crippen LogP contribution in [0.4, 0.5) is 10.1 Å². The minimum atomic E-state index is -0.557. The molecule has 1 heterocycles. The van der Waals surface area contributed by atoms with Gasteiger partial charge in [-0.05, 0) is 36.2 Å². The number of anilines is 1. The quantitative estimate of drug-likeness (QED) is 0.729. The van der Waals surface area contributed by atoms with Gasteiger partial charge in [0, 0.05) is 11.3 Å². The fraction of sp³-hybridized carbons (Fsp3) is 0.167. The Balaban J connectivity index is 1.79. The summed E-state index contributed by atoms with van der Waals surface area (Å²) < 4.78 is 14.1. The maximum Gasteiger partial charge on any atom is 0.244 e. The number of fused-ring (bicyclic) bond motifs is 1. The second-order valence-corrected chi connectivity index (χ2v) is 7.28. The Morgan fingerprint density at radius 2 is 1.86 bits per heavy atom. The van der Waals surface area contributed by atoms with Gasteiger partial charge in [-0.2, -0.15) is 0 Å². The summed E-state index contributed by atoms with van der Waals surface area (Å²) in [6.45, 7) is 1.87. The number of halogens is 1. The molecule has 3 aromatic rings. The molecule has 4 nitrogen and oxygen atoms in total. The maximum absolute atomic E-state index is 14.1. The zero-order valence-electron chi connectivity index (χ0n) is 16.1. The molecular formula is C24H21FN2O2. The Hall–Kier alpha value is -3.47. The van der Waals surface area contributed by atoms with Gasteiger partial charge >= 0.3 is 0 Å². The van der Waals surface area contributed by atoms with Crippen LogP contribution in [0.5, 0.6) is 0 Å². The van der Waals surface area contributed by atoms with E-state index in [1.54, 1.807) is 6.07 Å². The predicted octanol–water partition coefficient (Wildman–Crippen LogP) is 4.25. The van der Waals surface area contributed by atoms with Crippen molar-refractivity contribution in [2.45, 2.75) is 19.4 Å². The van der Waals surface area contributed by atoms with Crippen molar-refractivity contribution >= 4 is 17.5 Å². The molecule has 0 saturated carbocycles. The van der Waals surface area contributed by atoms with E-state index in [0.717, 1.165) is 16.7 Å². The van der Waals surface area contributed by atoms with Gasteiger partial charge in [0.15, 0.2) is 0 Å². The lowest BCUT2D eigenvalue weighted by molar-refractivity contribution is -0.135. The zero-order valence-corrected chi connectivity index (χ0v) is 16.1. The number of rotatable bonds is 3. The zero-order chi connectivity index (χ0) is 20.4. The van der Waals surface area contributed by atoms with Crippen molar-refractivity contribution < 1.29 is 14.0 Å². The molecular weight excluding hydrogens is 367 g/mol. The topological polar surface area (TPSA) is 49.4 Å². The summed E-state index contributed by atoms with van der Waals surface area (Å²) in [5, 5.41) is 2.81. The first-order valence-corrected chi connectivity index (χ1v) is 9.50. The average molecular weight is 388 g/mol. The van der Waals surface area contributed by atoms with E-state index in [1.165, 1.54) is 17.0 Å². The van der Waals surface area contributed by atoms with Gasteiger partial charge in [0.25, 0.3) is 0 Å². The number of aryl methyl sites for hydroxylation is 1. The van der Waals surface area contributed by atoms with Crippen molar-refractivity contribution in [1.29, 1.82) is 0 Å². The summed E-state index contributed by atoms with van der Waals surface area (Å²) in [5.41, 5.74) is 3.87. The molecule has 1 aliphatic heterocycles. The van der Waals surface area contributed by atoms with Crippen LogP contribution in [0.25, 0.3) is 0 Å². The highest BCUT2D eigenvalue weighted by Crippen LogP contribution is 2.36. The predicted molar refractivity (Wildman–Crippen MR) is 110 cm³/mol. The van der Waals surface area contributed by atoms with Crippen molar-refractivity contribution in [2.24, 2.45) is 0 Å². The van der Waals surface area contributed by atoms with Crippen LogP contribution in [-0.2, 0) is 16.0 Å². The first kappa shape index (κ1) is 18.9. The molecule has 2 amide bonds. The van der Waals surface area contributed by atoms with Crippen LogP contribution in [0.15, 0.2) is 72.8 Å². The minimum Gasteiger partial charge on any atom is -0.324 e. The summed E-state index contributed by atoms with van der Waals surface area (Å²) in [5.74, 6) is -0.891.